The standard InChI is InChI=1S/C19H30N4O.HI/c20-19(23-10-5-1-2-6-11-23)21-13-18(24)15-22-12-9-16-7-3-4-8-17(16)14-22;/h3-4,7-8,18,24H,1-2,5-6,9-15H2,(H2,20,21);1H. The molecule has 1 aromatic carbocycles. The fourth-order valence-electron chi connectivity index (χ4n) is 3.66. The molecule has 0 aliphatic carbocycles. The third kappa shape index (κ3) is 6.11. The van der Waals surface area contributed by atoms with Crippen molar-refractivity contribution < 1.29 is 5.11 Å². The Morgan fingerprint density at radius 1 is 1.08 bits per heavy atom. The van der Waals surface area contributed by atoms with Gasteiger partial charge >= 0.3 is 0 Å². The first-order valence-electron chi connectivity index (χ1n) is 9.24. The van der Waals surface area contributed by atoms with E-state index in [0.29, 0.717) is 19.0 Å². The molecule has 1 atom stereocenters. The summed E-state index contributed by atoms with van der Waals surface area (Å²) in [5.74, 6) is 0.597. The van der Waals surface area contributed by atoms with Crippen LogP contribution in [0.15, 0.2) is 29.3 Å². The average Bonchev–Trinajstić information content (AvgIpc) is 2.89. The first kappa shape index (κ1) is 20.5. The Bertz CT molecular complexity index is 558. The van der Waals surface area contributed by atoms with Crippen molar-refractivity contribution in [1.82, 2.24) is 9.80 Å². The molecular formula is C19H31IN4O. The zero-order valence-electron chi connectivity index (χ0n) is 14.9. The number of hydrogen-bond donors (Lipinski definition) is 2. The Morgan fingerprint density at radius 2 is 1.76 bits per heavy atom. The monoisotopic (exact) mass is 458 g/mol. The summed E-state index contributed by atoms with van der Waals surface area (Å²) >= 11 is 0. The molecule has 25 heavy (non-hydrogen) atoms. The molecule has 2 aliphatic rings. The molecule has 2 heterocycles. The molecule has 3 N–H and O–H groups in total. The Labute approximate surface area is 168 Å². The van der Waals surface area contributed by atoms with Crippen molar-refractivity contribution in [2.75, 3.05) is 32.7 Å². The normalized spacial score (nSPS) is 20.4. The van der Waals surface area contributed by atoms with Crippen molar-refractivity contribution >= 4 is 29.9 Å². The zero-order chi connectivity index (χ0) is 16.8. The van der Waals surface area contributed by atoms with Crippen LogP contribution in [0.4, 0.5) is 0 Å². The Hall–Kier alpha value is -0.860. The number of benzene rings is 1. The molecule has 2 aliphatic heterocycles. The van der Waals surface area contributed by atoms with Crippen LogP contribution in [0.1, 0.15) is 36.8 Å². The van der Waals surface area contributed by atoms with Crippen molar-refractivity contribution in [2.24, 2.45) is 10.7 Å². The molecule has 0 aromatic heterocycles. The number of aliphatic hydroxyl groups excluding tert-OH is 1. The van der Waals surface area contributed by atoms with Crippen LogP contribution in [0.2, 0.25) is 0 Å². The van der Waals surface area contributed by atoms with Crippen LogP contribution in [0.3, 0.4) is 0 Å². The summed E-state index contributed by atoms with van der Waals surface area (Å²) in [6.07, 6.45) is 5.53. The second kappa shape index (κ2) is 10.3. The van der Waals surface area contributed by atoms with Gasteiger partial charge in [-0.25, -0.2) is 0 Å². The lowest BCUT2D eigenvalue weighted by atomic mass is 10.00. The zero-order valence-corrected chi connectivity index (χ0v) is 17.3. The quantitative estimate of drug-likeness (QED) is 0.413. The number of rotatable bonds is 4. The van der Waals surface area contributed by atoms with Crippen molar-refractivity contribution in [3.63, 3.8) is 0 Å². The first-order valence-corrected chi connectivity index (χ1v) is 9.24. The predicted octanol–water partition coefficient (Wildman–Crippen LogP) is 2.21. The Balaban J connectivity index is 0.00000225. The van der Waals surface area contributed by atoms with Crippen LogP contribution >= 0.6 is 24.0 Å². The van der Waals surface area contributed by atoms with E-state index in [1.54, 1.807) is 0 Å². The number of fused-ring (bicyclic) bond motifs is 1. The van der Waals surface area contributed by atoms with Crippen LogP contribution in [-0.4, -0.2) is 59.7 Å². The van der Waals surface area contributed by atoms with E-state index in [1.807, 2.05) is 0 Å². The summed E-state index contributed by atoms with van der Waals surface area (Å²) < 4.78 is 0. The van der Waals surface area contributed by atoms with Gasteiger partial charge < -0.3 is 15.7 Å². The van der Waals surface area contributed by atoms with Crippen LogP contribution in [0.5, 0.6) is 0 Å². The van der Waals surface area contributed by atoms with Gasteiger partial charge in [-0.05, 0) is 30.4 Å². The van der Waals surface area contributed by atoms with Crippen LogP contribution in [-0.2, 0) is 13.0 Å². The highest BCUT2D eigenvalue weighted by Gasteiger charge is 2.18. The van der Waals surface area contributed by atoms with E-state index >= 15 is 0 Å². The number of aliphatic hydroxyl groups is 1. The lowest BCUT2D eigenvalue weighted by Gasteiger charge is -2.30. The average molecular weight is 458 g/mol. The molecule has 140 valence electrons. The number of β-amino-alcohol motifs (C(OH)–C–C–N with tert-alkyl or cyclic N) is 1. The van der Waals surface area contributed by atoms with Gasteiger partial charge in [0.05, 0.1) is 12.6 Å². The molecule has 1 unspecified atom stereocenters. The SMILES string of the molecule is I.NC(=NCC(O)CN1CCc2ccccc2C1)N1CCCCCC1. The smallest absolute Gasteiger partial charge is 0.191 e. The molecule has 0 radical (unpaired) electrons. The number of nitrogens with two attached hydrogens (primary N) is 1. The fourth-order valence-corrected chi connectivity index (χ4v) is 3.66. The molecule has 0 saturated carbocycles. The Morgan fingerprint density at radius 3 is 2.48 bits per heavy atom. The lowest BCUT2D eigenvalue weighted by Crippen LogP contribution is -2.40. The summed E-state index contributed by atoms with van der Waals surface area (Å²) in [6.45, 7) is 4.95. The maximum Gasteiger partial charge on any atom is 0.191 e. The number of hydrogen-bond acceptors (Lipinski definition) is 3. The minimum absolute atomic E-state index is 0. The number of halogens is 1. The minimum atomic E-state index is -0.458. The summed E-state index contributed by atoms with van der Waals surface area (Å²) in [5.41, 5.74) is 8.93. The molecule has 0 spiro atoms. The highest BCUT2D eigenvalue weighted by Crippen LogP contribution is 2.18. The minimum Gasteiger partial charge on any atom is -0.390 e. The van der Waals surface area contributed by atoms with Gasteiger partial charge in [0.15, 0.2) is 5.96 Å². The van der Waals surface area contributed by atoms with Gasteiger partial charge in [0.25, 0.3) is 0 Å². The molecular weight excluding hydrogens is 427 g/mol. The molecule has 6 heteroatoms. The van der Waals surface area contributed by atoms with Crippen LogP contribution in [0.25, 0.3) is 0 Å². The number of nitrogens with zero attached hydrogens (tertiary/aromatic N) is 3. The maximum absolute atomic E-state index is 10.3. The van der Waals surface area contributed by atoms with E-state index in [4.69, 9.17) is 5.73 Å². The number of likely N-dealkylation sites (tertiary alicyclic amines) is 1. The number of aliphatic imine (C=N–C) groups is 1. The second-order valence-electron chi connectivity index (χ2n) is 7.01. The summed E-state index contributed by atoms with van der Waals surface area (Å²) in [7, 11) is 0. The van der Waals surface area contributed by atoms with Gasteiger partial charge in [-0.2, -0.15) is 0 Å². The molecule has 0 bridgehead atoms. The van der Waals surface area contributed by atoms with E-state index in [0.717, 1.165) is 32.6 Å². The van der Waals surface area contributed by atoms with Gasteiger partial charge in [0.2, 0.25) is 0 Å². The Kier molecular flexibility index (Phi) is 8.45. The molecule has 3 rings (SSSR count). The molecule has 1 saturated heterocycles. The molecule has 1 fully saturated rings. The highest BCUT2D eigenvalue weighted by atomic mass is 127. The van der Waals surface area contributed by atoms with Gasteiger partial charge in [0, 0.05) is 32.7 Å². The van der Waals surface area contributed by atoms with E-state index in [9.17, 15) is 5.11 Å². The van der Waals surface area contributed by atoms with Crippen molar-refractivity contribution in [3.05, 3.63) is 35.4 Å². The van der Waals surface area contributed by atoms with E-state index in [-0.39, 0.29) is 24.0 Å². The highest BCUT2D eigenvalue weighted by molar-refractivity contribution is 14.0. The third-order valence-electron chi connectivity index (χ3n) is 5.07. The fraction of sp³-hybridized carbons (Fsp3) is 0.632. The number of guanidine groups is 1. The van der Waals surface area contributed by atoms with Gasteiger partial charge in [-0.1, -0.05) is 37.1 Å². The molecule has 5 nitrogen and oxygen atoms in total. The van der Waals surface area contributed by atoms with E-state index in [2.05, 4.69) is 39.1 Å². The van der Waals surface area contributed by atoms with E-state index < -0.39 is 6.10 Å². The van der Waals surface area contributed by atoms with Crippen molar-refractivity contribution in [2.45, 2.75) is 44.8 Å². The van der Waals surface area contributed by atoms with Gasteiger partial charge in [-0.3, -0.25) is 9.89 Å². The maximum atomic E-state index is 10.3. The summed E-state index contributed by atoms with van der Waals surface area (Å²) in [6, 6.07) is 8.58. The van der Waals surface area contributed by atoms with E-state index in [1.165, 1.54) is 36.8 Å². The van der Waals surface area contributed by atoms with Crippen LogP contribution in [0, 0.1) is 0 Å². The third-order valence-corrected chi connectivity index (χ3v) is 5.07. The van der Waals surface area contributed by atoms with Crippen LogP contribution < -0.4 is 5.73 Å². The topological polar surface area (TPSA) is 65.1 Å². The van der Waals surface area contributed by atoms with Crippen molar-refractivity contribution in [1.29, 1.82) is 0 Å². The second-order valence-corrected chi connectivity index (χ2v) is 7.01. The van der Waals surface area contributed by atoms with Gasteiger partial charge in [-0.15, -0.1) is 24.0 Å². The summed E-state index contributed by atoms with van der Waals surface area (Å²) in [4.78, 5) is 8.92. The molecule has 0 amide bonds. The lowest BCUT2D eigenvalue weighted by molar-refractivity contribution is 0.111. The first-order chi connectivity index (χ1) is 11.7. The van der Waals surface area contributed by atoms with Gasteiger partial charge in [0.1, 0.15) is 0 Å². The molecule has 1 aromatic rings. The summed E-state index contributed by atoms with van der Waals surface area (Å²) in [5, 5.41) is 10.3. The van der Waals surface area contributed by atoms with Crippen molar-refractivity contribution in [3.8, 4) is 0 Å². The largest absolute Gasteiger partial charge is 0.390 e. The predicted molar refractivity (Wildman–Crippen MR) is 113 cm³/mol.